The van der Waals surface area contributed by atoms with E-state index < -0.39 is 0 Å². The first-order valence-corrected chi connectivity index (χ1v) is 7.33. The topological polar surface area (TPSA) is 66.0 Å². The highest BCUT2D eigenvalue weighted by molar-refractivity contribution is 14.0. The normalized spacial score (nSPS) is 12.1. The van der Waals surface area contributed by atoms with Gasteiger partial charge in [-0.2, -0.15) is 0 Å². The summed E-state index contributed by atoms with van der Waals surface area (Å²) in [6.07, 6.45) is 0. The fourth-order valence-corrected chi connectivity index (χ4v) is 1.74. The number of likely N-dealkylation sites (N-methyl/N-ethyl adjacent to an activating group) is 1. The van der Waals surface area contributed by atoms with Gasteiger partial charge in [0.15, 0.2) is 5.96 Å². The summed E-state index contributed by atoms with van der Waals surface area (Å²) < 4.78 is 5.03. The molecule has 0 bridgehead atoms. The zero-order valence-corrected chi connectivity index (χ0v) is 16.5. The molecule has 1 amide bonds. The lowest BCUT2D eigenvalue weighted by atomic mass is 10.1. The summed E-state index contributed by atoms with van der Waals surface area (Å²) in [4.78, 5) is 17.5. The number of aliphatic imine (C=N–C) groups is 1. The lowest BCUT2D eigenvalue weighted by Crippen LogP contribution is -2.41. The molecule has 23 heavy (non-hydrogen) atoms. The number of nitrogens with zero attached hydrogens (tertiary/aromatic N) is 2. The highest BCUT2D eigenvalue weighted by atomic mass is 127. The van der Waals surface area contributed by atoms with Gasteiger partial charge in [0.05, 0.1) is 12.6 Å². The molecule has 0 fully saturated rings. The number of ether oxygens (including phenoxy) is 1. The maximum atomic E-state index is 11.7. The summed E-state index contributed by atoms with van der Waals surface area (Å²) >= 11 is 0. The molecule has 130 valence electrons. The summed E-state index contributed by atoms with van der Waals surface area (Å²) in [5.74, 6) is 0.559. The van der Waals surface area contributed by atoms with Crippen molar-refractivity contribution in [1.82, 2.24) is 15.5 Å². The molecule has 2 N–H and O–H groups in total. The van der Waals surface area contributed by atoms with Crippen LogP contribution in [0.2, 0.25) is 0 Å². The van der Waals surface area contributed by atoms with Crippen LogP contribution >= 0.6 is 24.0 Å². The number of carbonyl (C=O) groups excluding carboxylic acids is 1. The number of guanidine groups is 1. The predicted molar refractivity (Wildman–Crippen MR) is 104 cm³/mol. The van der Waals surface area contributed by atoms with Crippen LogP contribution in [0.15, 0.2) is 35.3 Å². The maximum absolute atomic E-state index is 11.7. The van der Waals surface area contributed by atoms with E-state index in [1.165, 1.54) is 4.90 Å². The minimum Gasteiger partial charge on any atom is -0.383 e. The largest absolute Gasteiger partial charge is 0.383 e. The van der Waals surface area contributed by atoms with Crippen LogP contribution in [-0.4, -0.2) is 57.7 Å². The molecule has 7 heteroatoms. The Bertz CT molecular complexity index is 480. The van der Waals surface area contributed by atoms with Gasteiger partial charge < -0.3 is 20.3 Å². The monoisotopic (exact) mass is 434 g/mol. The fourth-order valence-electron chi connectivity index (χ4n) is 1.74. The van der Waals surface area contributed by atoms with E-state index in [1.54, 1.807) is 21.2 Å². The summed E-state index contributed by atoms with van der Waals surface area (Å²) in [5.41, 5.74) is 1.16. The number of amides is 1. The Labute approximate surface area is 155 Å². The van der Waals surface area contributed by atoms with Crippen LogP contribution in [0.1, 0.15) is 18.5 Å². The van der Waals surface area contributed by atoms with Gasteiger partial charge in [-0.1, -0.05) is 30.3 Å². The van der Waals surface area contributed by atoms with Gasteiger partial charge in [-0.3, -0.25) is 4.79 Å². The van der Waals surface area contributed by atoms with Crippen molar-refractivity contribution in [2.75, 3.05) is 40.9 Å². The third kappa shape index (κ3) is 8.75. The van der Waals surface area contributed by atoms with Gasteiger partial charge in [0, 0.05) is 27.7 Å². The summed E-state index contributed by atoms with van der Waals surface area (Å²) in [7, 11) is 5.08. The molecule has 0 aromatic heterocycles. The Hall–Kier alpha value is -1.35. The van der Waals surface area contributed by atoms with Crippen molar-refractivity contribution in [1.29, 1.82) is 0 Å². The van der Waals surface area contributed by atoms with E-state index in [2.05, 4.69) is 34.7 Å². The van der Waals surface area contributed by atoms with Crippen molar-refractivity contribution in [3.05, 3.63) is 35.9 Å². The van der Waals surface area contributed by atoms with Crippen LogP contribution in [0.25, 0.3) is 0 Å². The number of halogens is 1. The predicted octanol–water partition coefficient (Wildman–Crippen LogP) is 1.64. The second-order valence-corrected chi connectivity index (χ2v) is 5.15. The second-order valence-electron chi connectivity index (χ2n) is 5.15. The van der Waals surface area contributed by atoms with Crippen LogP contribution in [0, 0.1) is 0 Å². The molecule has 0 aliphatic rings. The Morgan fingerprint density at radius 2 is 1.96 bits per heavy atom. The van der Waals surface area contributed by atoms with Crippen LogP contribution in [0.3, 0.4) is 0 Å². The SMILES string of the molecule is COCCNC(=NCC(=O)N(C)C)NC(C)c1ccccc1.I. The third-order valence-electron chi connectivity index (χ3n) is 3.12. The van der Waals surface area contributed by atoms with Crippen LogP contribution in [0.4, 0.5) is 0 Å². The molecule has 0 aliphatic carbocycles. The Morgan fingerprint density at radius 3 is 2.52 bits per heavy atom. The molecule has 1 atom stereocenters. The number of hydrogen-bond acceptors (Lipinski definition) is 3. The zero-order chi connectivity index (χ0) is 16.4. The van der Waals surface area contributed by atoms with E-state index >= 15 is 0 Å². The van der Waals surface area contributed by atoms with E-state index in [0.717, 1.165) is 5.56 Å². The molecule has 0 aliphatic heterocycles. The van der Waals surface area contributed by atoms with Gasteiger partial charge >= 0.3 is 0 Å². The average molecular weight is 434 g/mol. The smallest absolute Gasteiger partial charge is 0.243 e. The summed E-state index contributed by atoms with van der Waals surface area (Å²) in [5, 5.41) is 6.46. The molecular formula is C16H27IN4O2. The quantitative estimate of drug-likeness (QED) is 0.297. The zero-order valence-electron chi connectivity index (χ0n) is 14.2. The van der Waals surface area contributed by atoms with Crippen molar-refractivity contribution >= 4 is 35.8 Å². The van der Waals surface area contributed by atoms with Crippen LogP contribution < -0.4 is 10.6 Å². The van der Waals surface area contributed by atoms with E-state index in [9.17, 15) is 4.79 Å². The fraction of sp³-hybridized carbons (Fsp3) is 0.500. The number of nitrogens with one attached hydrogen (secondary N) is 2. The molecule has 0 saturated carbocycles. The first kappa shape index (κ1) is 21.6. The molecule has 6 nitrogen and oxygen atoms in total. The van der Waals surface area contributed by atoms with Crippen molar-refractivity contribution in [2.45, 2.75) is 13.0 Å². The van der Waals surface area contributed by atoms with Crippen molar-refractivity contribution in [3.63, 3.8) is 0 Å². The molecule has 0 radical (unpaired) electrons. The Kier molecular flexibility index (Phi) is 11.4. The second kappa shape index (κ2) is 12.1. The first-order valence-electron chi connectivity index (χ1n) is 7.33. The lowest BCUT2D eigenvalue weighted by molar-refractivity contribution is -0.127. The minimum absolute atomic E-state index is 0. The number of rotatable bonds is 7. The van der Waals surface area contributed by atoms with Gasteiger partial charge in [-0.05, 0) is 12.5 Å². The number of hydrogen-bond donors (Lipinski definition) is 2. The molecule has 1 unspecified atom stereocenters. The van der Waals surface area contributed by atoms with Crippen molar-refractivity contribution in [2.24, 2.45) is 4.99 Å². The molecule has 0 saturated heterocycles. The van der Waals surface area contributed by atoms with E-state index in [4.69, 9.17) is 4.74 Å². The molecule has 1 rings (SSSR count). The van der Waals surface area contributed by atoms with Crippen molar-refractivity contribution in [3.8, 4) is 0 Å². The lowest BCUT2D eigenvalue weighted by Gasteiger charge is -2.19. The Morgan fingerprint density at radius 1 is 1.30 bits per heavy atom. The van der Waals surface area contributed by atoms with Gasteiger partial charge in [0.2, 0.25) is 5.91 Å². The third-order valence-corrected chi connectivity index (χ3v) is 3.12. The van der Waals surface area contributed by atoms with Gasteiger partial charge in [-0.15, -0.1) is 24.0 Å². The maximum Gasteiger partial charge on any atom is 0.243 e. The van der Waals surface area contributed by atoms with Gasteiger partial charge in [0.25, 0.3) is 0 Å². The van der Waals surface area contributed by atoms with Gasteiger partial charge in [0.1, 0.15) is 6.54 Å². The number of carbonyl (C=O) groups is 1. The molecule has 1 aromatic rings. The number of benzene rings is 1. The Balaban J connectivity index is 0.00000484. The molecule has 0 spiro atoms. The van der Waals surface area contributed by atoms with Crippen LogP contribution in [0.5, 0.6) is 0 Å². The average Bonchev–Trinajstić information content (AvgIpc) is 2.52. The van der Waals surface area contributed by atoms with Crippen molar-refractivity contribution < 1.29 is 9.53 Å². The minimum atomic E-state index is -0.0415. The molecule has 1 aromatic carbocycles. The van der Waals surface area contributed by atoms with E-state index in [-0.39, 0.29) is 42.5 Å². The summed E-state index contributed by atoms with van der Waals surface area (Å²) in [6.45, 7) is 3.36. The van der Waals surface area contributed by atoms with Gasteiger partial charge in [-0.25, -0.2) is 4.99 Å². The highest BCUT2D eigenvalue weighted by Crippen LogP contribution is 2.10. The summed E-state index contributed by atoms with van der Waals surface area (Å²) in [6, 6.07) is 10.2. The van der Waals surface area contributed by atoms with E-state index in [1.807, 2.05) is 18.2 Å². The molecular weight excluding hydrogens is 407 g/mol. The first-order chi connectivity index (χ1) is 10.5. The standard InChI is InChI=1S/C16H26N4O2.HI/c1-13(14-8-6-5-7-9-14)19-16(17-10-11-22-4)18-12-15(21)20(2)3;/h5-9,13H,10-12H2,1-4H3,(H2,17,18,19);1H. The highest BCUT2D eigenvalue weighted by Gasteiger charge is 2.09. The van der Waals surface area contributed by atoms with E-state index in [0.29, 0.717) is 19.1 Å². The number of methoxy groups -OCH3 is 1. The van der Waals surface area contributed by atoms with Crippen LogP contribution in [-0.2, 0) is 9.53 Å². The molecule has 0 heterocycles.